The summed E-state index contributed by atoms with van der Waals surface area (Å²) >= 11 is 0. The molecule has 0 bridgehead atoms. The summed E-state index contributed by atoms with van der Waals surface area (Å²) in [5.41, 5.74) is 3.69. The van der Waals surface area contributed by atoms with Crippen molar-refractivity contribution in [2.75, 3.05) is 5.32 Å². The quantitative estimate of drug-likeness (QED) is 0.539. The van der Waals surface area contributed by atoms with E-state index in [1.54, 1.807) is 0 Å². The van der Waals surface area contributed by atoms with Gasteiger partial charge in [0.05, 0.1) is 11.0 Å². The van der Waals surface area contributed by atoms with Crippen molar-refractivity contribution in [2.45, 2.75) is 6.54 Å². The lowest BCUT2D eigenvalue weighted by molar-refractivity contribution is 1.17. The second-order valence-electron chi connectivity index (χ2n) is 5.33. The molecule has 0 aliphatic carbocycles. The molecule has 4 nitrogen and oxygen atoms in total. The first-order valence-electron chi connectivity index (χ1n) is 7.22. The van der Waals surface area contributed by atoms with Crippen LogP contribution >= 0.6 is 0 Å². The third kappa shape index (κ3) is 2.24. The van der Waals surface area contributed by atoms with Crippen LogP contribution in [0.25, 0.3) is 21.8 Å². The molecule has 3 aromatic carbocycles. The molecular formula is C18H15N3O. The molecule has 0 saturated heterocycles. The van der Waals surface area contributed by atoms with E-state index in [0.717, 1.165) is 23.3 Å². The Hall–Kier alpha value is -3.01. The number of aromatic amines is 2. The minimum absolute atomic E-state index is 0.179. The van der Waals surface area contributed by atoms with Gasteiger partial charge in [0.25, 0.3) is 0 Å². The topological polar surface area (TPSA) is 60.7 Å². The summed E-state index contributed by atoms with van der Waals surface area (Å²) in [6, 6.07) is 20.5. The number of nitrogens with one attached hydrogen (secondary N) is 3. The first-order chi connectivity index (χ1) is 10.8. The molecule has 0 fully saturated rings. The summed E-state index contributed by atoms with van der Waals surface area (Å²) in [5.74, 6) is 0. The lowest BCUT2D eigenvalue weighted by Gasteiger charge is -2.09. The normalized spacial score (nSPS) is 11.1. The monoisotopic (exact) mass is 289 g/mol. The Morgan fingerprint density at radius 3 is 2.64 bits per heavy atom. The highest BCUT2D eigenvalue weighted by Crippen LogP contribution is 2.20. The van der Waals surface area contributed by atoms with Crippen LogP contribution in [0.3, 0.4) is 0 Å². The molecule has 0 amide bonds. The minimum atomic E-state index is -0.179. The summed E-state index contributed by atoms with van der Waals surface area (Å²) < 4.78 is 0. The molecule has 0 atom stereocenters. The minimum Gasteiger partial charge on any atom is -0.381 e. The maximum Gasteiger partial charge on any atom is 0.323 e. The maximum atomic E-state index is 11.3. The first-order valence-corrected chi connectivity index (χ1v) is 7.22. The van der Waals surface area contributed by atoms with Crippen molar-refractivity contribution in [1.82, 2.24) is 9.97 Å². The molecule has 4 rings (SSSR count). The smallest absolute Gasteiger partial charge is 0.323 e. The Kier molecular flexibility index (Phi) is 2.93. The Bertz CT molecular complexity index is 1010. The highest BCUT2D eigenvalue weighted by atomic mass is 16.1. The van der Waals surface area contributed by atoms with E-state index < -0.39 is 0 Å². The second-order valence-corrected chi connectivity index (χ2v) is 5.33. The predicted octanol–water partition coefficient (Wildman–Crippen LogP) is 3.62. The molecule has 22 heavy (non-hydrogen) atoms. The molecule has 0 radical (unpaired) electrons. The number of benzene rings is 3. The van der Waals surface area contributed by atoms with E-state index >= 15 is 0 Å². The van der Waals surface area contributed by atoms with Gasteiger partial charge in [0, 0.05) is 12.2 Å². The molecule has 4 heteroatoms. The Labute approximate surface area is 126 Å². The number of aromatic nitrogens is 2. The third-order valence-corrected chi connectivity index (χ3v) is 3.88. The Balaban J connectivity index is 1.63. The van der Waals surface area contributed by atoms with Gasteiger partial charge in [-0.3, -0.25) is 0 Å². The van der Waals surface area contributed by atoms with Crippen LogP contribution in [0.5, 0.6) is 0 Å². The third-order valence-electron chi connectivity index (χ3n) is 3.88. The highest BCUT2D eigenvalue weighted by Gasteiger charge is 2.02. The standard InChI is InChI=1S/C18H15N3O/c22-18-20-16-9-8-14(10-17(16)21-18)19-11-13-6-3-5-12-4-1-2-7-15(12)13/h1-10,19H,11H2,(H2,20,21,22). The van der Waals surface area contributed by atoms with E-state index in [9.17, 15) is 4.79 Å². The van der Waals surface area contributed by atoms with Crippen LogP contribution in [-0.4, -0.2) is 9.97 Å². The summed E-state index contributed by atoms with van der Waals surface area (Å²) in [4.78, 5) is 16.8. The average Bonchev–Trinajstić information content (AvgIpc) is 2.92. The van der Waals surface area contributed by atoms with Crippen LogP contribution in [0.4, 0.5) is 5.69 Å². The van der Waals surface area contributed by atoms with Crippen molar-refractivity contribution in [2.24, 2.45) is 0 Å². The molecule has 0 aliphatic heterocycles. The highest BCUT2D eigenvalue weighted by molar-refractivity contribution is 5.86. The maximum absolute atomic E-state index is 11.3. The second kappa shape index (κ2) is 5.07. The molecule has 0 unspecified atom stereocenters. The van der Waals surface area contributed by atoms with Gasteiger partial charge in [-0.1, -0.05) is 42.5 Å². The fourth-order valence-corrected chi connectivity index (χ4v) is 2.79. The van der Waals surface area contributed by atoms with E-state index in [1.807, 2.05) is 18.2 Å². The number of imidazole rings is 1. The first kappa shape index (κ1) is 12.7. The molecule has 3 N–H and O–H groups in total. The van der Waals surface area contributed by atoms with Gasteiger partial charge in [-0.2, -0.15) is 0 Å². The Morgan fingerprint density at radius 2 is 1.68 bits per heavy atom. The zero-order chi connectivity index (χ0) is 14.9. The molecule has 4 aromatic rings. The van der Waals surface area contributed by atoms with E-state index in [0.29, 0.717) is 0 Å². The average molecular weight is 289 g/mol. The number of rotatable bonds is 3. The van der Waals surface area contributed by atoms with Crippen molar-refractivity contribution in [3.8, 4) is 0 Å². The van der Waals surface area contributed by atoms with E-state index in [-0.39, 0.29) is 5.69 Å². The number of fused-ring (bicyclic) bond motifs is 2. The van der Waals surface area contributed by atoms with E-state index in [4.69, 9.17) is 0 Å². The number of H-pyrrole nitrogens is 2. The van der Waals surface area contributed by atoms with Crippen molar-refractivity contribution in [1.29, 1.82) is 0 Å². The molecule has 0 aliphatic rings. The number of hydrogen-bond acceptors (Lipinski definition) is 2. The lowest BCUT2D eigenvalue weighted by atomic mass is 10.0. The van der Waals surface area contributed by atoms with Crippen LogP contribution in [0, 0.1) is 0 Å². The van der Waals surface area contributed by atoms with Crippen LogP contribution in [-0.2, 0) is 6.54 Å². The molecule has 108 valence electrons. The lowest BCUT2D eigenvalue weighted by Crippen LogP contribution is -2.00. The summed E-state index contributed by atoms with van der Waals surface area (Å²) in [6.45, 7) is 0.738. The van der Waals surface area contributed by atoms with Crippen molar-refractivity contribution in [3.63, 3.8) is 0 Å². The molecular weight excluding hydrogens is 274 g/mol. The van der Waals surface area contributed by atoms with Crippen LogP contribution in [0.15, 0.2) is 65.5 Å². The van der Waals surface area contributed by atoms with Crippen molar-refractivity contribution >= 4 is 27.5 Å². The van der Waals surface area contributed by atoms with Gasteiger partial charge >= 0.3 is 5.69 Å². The van der Waals surface area contributed by atoms with Gasteiger partial charge in [0.1, 0.15) is 0 Å². The van der Waals surface area contributed by atoms with Crippen LogP contribution < -0.4 is 11.0 Å². The fourth-order valence-electron chi connectivity index (χ4n) is 2.79. The van der Waals surface area contributed by atoms with Gasteiger partial charge < -0.3 is 15.3 Å². The van der Waals surface area contributed by atoms with Crippen LogP contribution in [0.2, 0.25) is 0 Å². The molecule has 1 heterocycles. The molecule has 0 saturated carbocycles. The predicted molar refractivity (Wildman–Crippen MR) is 90.2 cm³/mol. The van der Waals surface area contributed by atoms with E-state index in [2.05, 4.69) is 57.7 Å². The van der Waals surface area contributed by atoms with Crippen molar-refractivity contribution < 1.29 is 0 Å². The fraction of sp³-hybridized carbons (Fsp3) is 0.0556. The van der Waals surface area contributed by atoms with Crippen LogP contribution in [0.1, 0.15) is 5.56 Å². The zero-order valence-corrected chi connectivity index (χ0v) is 11.9. The number of anilines is 1. The largest absolute Gasteiger partial charge is 0.381 e. The summed E-state index contributed by atoms with van der Waals surface area (Å²) in [7, 11) is 0. The van der Waals surface area contributed by atoms with Gasteiger partial charge in [-0.05, 0) is 34.5 Å². The van der Waals surface area contributed by atoms with E-state index in [1.165, 1.54) is 16.3 Å². The van der Waals surface area contributed by atoms with Gasteiger partial charge in [0.15, 0.2) is 0 Å². The summed E-state index contributed by atoms with van der Waals surface area (Å²) in [6.07, 6.45) is 0. The molecule has 0 spiro atoms. The zero-order valence-electron chi connectivity index (χ0n) is 11.9. The molecule has 1 aromatic heterocycles. The number of hydrogen-bond donors (Lipinski definition) is 3. The van der Waals surface area contributed by atoms with Crippen molar-refractivity contribution in [3.05, 3.63) is 76.7 Å². The Morgan fingerprint density at radius 1 is 0.864 bits per heavy atom. The van der Waals surface area contributed by atoms with Gasteiger partial charge in [-0.15, -0.1) is 0 Å². The SMILES string of the molecule is O=c1[nH]c2ccc(NCc3cccc4ccccc34)cc2[nH]1. The summed E-state index contributed by atoms with van der Waals surface area (Å²) in [5, 5.41) is 5.92. The van der Waals surface area contributed by atoms with Gasteiger partial charge in [-0.25, -0.2) is 4.79 Å². The van der Waals surface area contributed by atoms with Gasteiger partial charge in [0.2, 0.25) is 0 Å².